The molecule has 7 nitrogen and oxygen atoms in total. The second-order valence-corrected chi connectivity index (χ2v) is 5.25. The smallest absolute Gasteiger partial charge is 0.194 e. The van der Waals surface area contributed by atoms with E-state index < -0.39 is 18.5 Å². The van der Waals surface area contributed by atoms with E-state index in [2.05, 4.69) is 15.0 Å². The predicted molar refractivity (Wildman–Crippen MR) is 73.0 cm³/mol. The number of ether oxygens (including phenoxy) is 1. The number of nitrogens with zero attached hydrogens (tertiary/aromatic N) is 4. The molecule has 3 N–H and O–H groups in total. The topological polar surface area (TPSA) is 99.1 Å². The first-order chi connectivity index (χ1) is 9.10. The number of anilines is 1. The number of rotatable bonds is 2. The Morgan fingerprint density at radius 2 is 2.37 bits per heavy atom. The molecular weight excluding hydrogens is 368 g/mol. The fraction of sp³-hybridized carbons (Fsp3) is 0.500. The maximum atomic E-state index is 14.0. The summed E-state index contributed by atoms with van der Waals surface area (Å²) in [6.07, 6.45) is -0.979. The van der Waals surface area contributed by atoms with E-state index in [-0.39, 0.29) is 18.8 Å². The Balaban J connectivity index is 2.06. The molecule has 1 aliphatic rings. The van der Waals surface area contributed by atoms with Crippen LogP contribution in [0, 0.1) is 3.83 Å². The van der Waals surface area contributed by atoms with Gasteiger partial charge in [-0.05, 0) is 0 Å². The first-order valence-electron chi connectivity index (χ1n) is 5.66. The Kier molecular flexibility index (Phi) is 3.27. The fourth-order valence-corrected chi connectivity index (χ4v) is 2.65. The molecule has 2 aromatic heterocycles. The molecule has 3 rings (SSSR count). The molecule has 0 aromatic carbocycles. The summed E-state index contributed by atoms with van der Waals surface area (Å²) in [5.74, 6) is 0.250. The minimum atomic E-state index is -1.22. The highest BCUT2D eigenvalue weighted by Gasteiger charge is 2.37. The third-order valence-electron chi connectivity index (χ3n) is 3.03. The summed E-state index contributed by atoms with van der Waals surface area (Å²) < 4.78 is 21.4. The Labute approximate surface area is 121 Å². The van der Waals surface area contributed by atoms with Crippen molar-refractivity contribution >= 4 is 39.6 Å². The van der Waals surface area contributed by atoms with Gasteiger partial charge in [-0.2, -0.15) is 0 Å². The summed E-state index contributed by atoms with van der Waals surface area (Å²) >= 11 is 1.93. The molecule has 0 amide bonds. The molecule has 19 heavy (non-hydrogen) atoms. The van der Waals surface area contributed by atoms with Gasteiger partial charge in [0.25, 0.3) is 0 Å². The van der Waals surface area contributed by atoms with Crippen molar-refractivity contribution in [1.29, 1.82) is 0 Å². The Morgan fingerprint density at radius 1 is 1.58 bits per heavy atom. The van der Waals surface area contributed by atoms with Crippen LogP contribution in [0.25, 0.3) is 11.2 Å². The number of aliphatic hydroxyl groups is 1. The van der Waals surface area contributed by atoms with Crippen molar-refractivity contribution in [3.63, 3.8) is 0 Å². The number of alkyl halides is 1. The molecule has 2 aromatic rings. The molecule has 3 atom stereocenters. The lowest BCUT2D eigenvalue weighted by molar-refractivity contribution is -0.0351. The number of aromatic nitrogens is 4. The predicted octanol–water partition coefficient (Wildman–Crippen LogP) is 0.631. The van der Waals surface area contributed by atoms with E-state index in [9.17, 15) is 4.39 Å². The zero-order valence-electron chi connectivity index (χ0n) is 9.70. The largest absolute Gasteiger partial charge is 0.394 e. The summed E-state index contributed by atoms with van der Waals surface area (Å²) in [6, 6.07) is 0. The van der Waals surface area contributed by atoms with Crippen LogP contribution in [0.3, 0.4) is 0 Å². The third-order valence-corrected chi connectivity index (χ3v) is 3.51. The number of hydrogen-bond donors (Lipinski definition) is 2. The highest BCUT2D eigenvalue weighted by Crippen LogP contribution is 2.33. The van der Waals surface area contributed by atoms with Gasteiger partial charge in [-0.3, -0.25) is 4.57 Å². The van der Waals surface area contributed by atoms with Crippen molar-refractivity contribution in [3.8, 4) is 0 Å². The van der Waals surface area contributed by atoms with Gasteiger partial charge in [0, 0.05) is 29.0 Å². The van der Waals surface area contributed by atoms with Crippen molar-refractivity contribution in [2.45, 2.75) is 24.9 Å². The molecule has 0 saturated carbocycles. The summed E-state index contributed by atoms with van der Waals surface area (Å²) in [6.45, 7) is -0.210. The van der Waals surface area contributed by atoms with E-state index in [0.29, 0.717) is 15.0 Å². The van der Waals surface area contributed by atoms with Gasteiger partial charge in [-0.25, -0.2) is 19.3 Å². The number of imidazole rings is 1. The van der Waals surface area contributed by atoms with Gasteiger partial charge >= 0.3 is 0 Å². The van der Waals surface area contributed by atoms with Crippen LogP contribution in [-0.4, -0.2) is 43.5 Å². The van der Waals surface area contributed by atoms with Crippen LogP contribution in [0.4, 0.5) is 10.2 Å². The standard InChI is InChI=1S/C10H11FIN5O2/c11-5-1-4(2-18)19-9(5)17-3-14-6-7(13)15-10(12)16-8(6)17/h3-5,9,18H,1-2H2,(H2,13,15,16)/t4-,5?,9+/m0/s1. The summed E-state index contributed by atoms with van der Waals surface area (Å²) in [5, 5.41) is 9.04. The summed E-state index contributed by atoms with van der Waals surface area (Å²) in [4.78, 5) is 12.3. The van der Waals surface area contributed by atoms with Crippen LogP contribution in [0.2, 0.25) is 0 Å². The van der Waals surface area contributed by atoms with Crippen LogP contribution in [0.1, 0.15) is 12.6 Å². The van der Waals surface area contributed by atoms with E-state index in [1.54, 1.807) is 0 Å². The molecule has 1 unspecified atom stereocenters. The van der Waals surface area contributed by atoms with Crippen LogP contribution < -0.4 is 5.73 Å². The number of nitrogen functional groups attached to an aromatic ring is 1. The number of fused-ring (bicyclic) bond motifs is 1. The lowest BCUT2D eigenvalue weighted by Crippen LogP contribution is -2.17. The van der Waals surface area contributed by atoms with E-state index in [1.165, 1.54) is 10.9 Å². The minimum Gasteiger partial charge on any atom is -0.394 e. The van der Waals surface area contributed by atoms with Crippen molar-refractivity contribution < 1.29 is 14.2 Å². The van der Waals surface area contributed by atoms with E-state index >= 15 is 0 Å². The average molecular weight is 379 g/mol. The van der Waals surface area contributed by atoms with Crippen molar-refractivity contribution in [2.75, 3.05) is 12.3 Å². The zero-order valence-corrected chi connectivity index (χ0v) is 11.9. The number of hydrogen-bond acceptors (Lipinski definition) is 6. The molecule has 0 spiro atoms. The molecule has 1 fully saturated rings. The molecule has 1 saturated heterocycles. The van der Waals surface area contributed by atoms with E-state index in [1.807, 2.05) is 22.6 Å². The summed E-state index contributed by atoms with van der Waals surface area (Å²) in [5.41, 5.74) is 6.60. The van der Waals surface area contributed by atoms with Gasteiger partial charge in [0.2, 0.25) is 0 Å². The minimum absolute atomic E-state index is 0.151. The first-order valence-corrected chi connectivity index (χ1v) is 6.74. The maximum absolute atomic E-state index is 14.0. The quantitative estimate of drug-likeness (QED) is 0.587. The van der Waals surface area contributed by atoms with Gasteiger partial charge in [0.1, 0.15) is 11.7 Å². The molecule has 1 aliphatic heterocycles. The molecule has 9 heteroatoms. The van der Waals surface area contributed by atoms with Crippen molar-refractivity contribution in [3.05, 3.63) is 10.2 Å². The Hall–Kier alpha value is -1.07. The lowest BCUT2D eigenvalue weighted by atomic mass is 10.2. The number of nitrogens with two attached hydrogens (primary N) is 1. The first kappa shape index (κ1) is 12.9. The second kappa shape index (κ2) is 4.80. The third kappa shape index (κ3) is 2.15. The molecule has 0 bridgehead atoms. The second-order valence-electron chi connectivity index (χ2n) is 4.28. The van der Waals surface area contributed by atoms with Crippen LogP contribution >= 0.6 is 22.6 Å². The van der Waals surface area contributed by atoms with Gasteiger partial charge in [0.15, 0.2) is 21.5 Å². The normalized spacial score (nSPS) is 27.2. The fourth-order valence-electron chi connectivity index (χ4n) is 2.16. The van der Waals surface area contributed by atoms with E-state index in [4.69, 9.17) is 15.6 Å². The van der Waals surface area contributed by atoms with Gasteiger partial charge in [-0.1, -0.05) is 0 Å². The molecule has 102 valence electrons. The highest BCUT2D eigenvalue weighted by atomic mass is 127. The molecular formula is C10H11FIN5O2. The Bertz CT molecular complexity index is 621. The van der Waals surface area contributed by atoms with Crippen LogP contribution in [0.15, 0.2) is 6.33 Å². The van der Waals surface area contributed by atoms with Gasteiger partial charge in [-0.15, -0.1) is 0 Å². The van der Waals surface area contributed by atoms with E-state index in [0.717, 1.165) is 0 Å². The maximum Gasteiger partial charge on any atom is 0.194 e. The molecule has 0 radical (unpaired) electrons. The van der Waals surface area contributed by atoms with Crippen molar-refractivity contribution in [2.24, 2.45) is 0 Å². The SMILES string of the molecule is Nc1nc(I)nc2c1ncn2[C@@H]1O[C@H](CO)CC1F. The Morgan fingerprint density at radius 3 is 3.05 bits per heavy atom. The van der Waals surface area contributed by atoms with Gasteiger partial charge < -0.3 is 15.6 Å². The number of halogens is 2. The molecule has 0 aliphatic carbocycles. The monoisotopic (exact) mass is 379 g/mol. The highest BCUT2D eigenvalue weighted by molar-refractivity contribution is 14.1. The van der Waals surface area contributed by atoms with Crippen LogP contribution in [-0.2, 0) is 4.74 Å². The average Bonchev–Trinajstić information content (AvgIpc) is 2.92. The zero-order chi connectivity index (χ0) is 13.6. The van der Waals surface area contributed by atoms with Crippen LogP contribution in [0.5, 0.6) is 0 Å². The van der Waals surface area contributed by atoms with Gasteiger partial charge in [0.05, 0.1) is 19.0 Å². The van der Waals surface area contributed by atoms with Crippen molar-refractivity contribution in [1.82, 2.24) is 19.5 Å². The lowest BCUT2D eigenvalue weighted by Gasteiger charge is -2.15. The summed E-state index contributed by atoms with van der Waals surface area (Å²) in [7, 11) is 0. The number of aliphatic hydroxyl groups excluding tert-OH is 1. The molecule has 3 heterocycles.